The zero-order chi connectivity index (χ0) is 15.8. The summed E-state index contributed by atoms with van der Waals surface area (Å²) in [6.07, 6.45) is 1.01. The van der Waals surface area contributed by atoms with Gasteiger partial charge in [-0.1, -0.05) is 6.92 Å². The smallest absolute Gasteiger partial charge is 0.494 e. The molecule has 0 bridgehead atoms. The van der Waals surface area contributed by atoms with Gasteiger partial charge in [-0.2, -0.15) is 0 Å². The van der Waals surface area contributed by atoms with Crippen molar-refractivity contribution in [3.05, 3.63) is 23.3 Å². The highest BCUT2D eigenvalue weighted by Crippen LogP contribution is 2.37. The fourth-order valence-corrected chi connectivity index (χ4v) is 2.57. The predicted molar refractivity (Wildman–Crippen MR) is 87.4 cm³/mol. The van der Waals surface area contributed by atoms with E-state index >= 15 is 0 Å². The highest BCUT2D eigenvalue weighted by molar-refractivity contribution is 6.63. The summed E-state index contributed by atoms with van der Waals surface area (Å²) < 4.78 is 18.1. The molecule has 1 aliphatic heterocycles. The fourth-order valence-electron chi connectivity index (χ4n) is 2.57. The van der Waals surface area contributed by atoms with Crippen LogP contribution in [-0.2, 0) is 9.31 Å². The number of benzene rings is 1. The Hall–Kier alpha value is -0.995. The number of hydrogen-bond donors (Lipinski definition) is 0. The summed E-state index contributed by atoms with van der Waals surface area (Å²) in [5.74, 6) is 0.923. The summed E-state index contributed by atoms with van der Waals surface area (Å²) in [5.41, 5.74) is 2.80. The summed E-state index contributed by atoms with van der Waals surface area (Å²) in [4.78, 5) is 0. The molecule has 1 fully saturated rings. The first-order valence-electron chi connectivity index (χ1n) is 7.77. The van der Waals surface area contributed by atoms with Crippen LogP contribution >= 0.6 is 0 Å². The molecule has 116 valence electrons. The summed E-state index contributed by atoms with van der Waals surface area (Å²) in [7, 11) is -0.310. The van der Waals surface area contributed by atoms with Crippen LogP contribution in [0.15, 0.2) is 12.1 Å². The Morgan fingerprint density at radius 3 is 1.90 bits per heavy atom. The first kappa shape index (κ1) is 16.4. The van der Waals surface area contributed by atoms with Crippen LogP contribution in [0.5, 0.6) is 5.75 Å². The first-order chi connectivity index (χ1) is 9.68. The second-order valence-electron chi connectivity index (χ2n) is 6.91. The van der Waals surface area contributed by atoms with Crippen molar-refractivity contribution in [2.75, 3.05) is 6.61 Å². The van der Waals surface area contributed by atoms with Crippen molar-refractivity contribution < 1.29 is 14.0 Å². The van der Waals surface area contributed by atoms with Gasteiger partial charge in [0.15, 0.2) is 0 Å². The van der Waals surface area contributed by atoms with Crippen molar-refractivity contribution in [3.8, 4) is 5.75 Å². The lowest BCUT2D eigenvalue weighted by Gasteiger charge is -2.32. The Bertz CT molecular complexity index is 484. The summed E-state index contributed by atoms with van der Waals surface area (Å²) in [5, 5.41) is 0. The lowest BCUT2D eigenvalue weighted by atomic mass is 9.73. The van der Waals surface area contributed by atoms with E-state index in [1.54, 1.807) is 0 Å². The maximum absolute atomic E-state index is 6.17. The lowest BCUT2D eigenvalue weighted by molar-refractivity contribution is 0.00578. The second-order valence-corrected chi connectivity index (χ2v) is 6.91. The van der Waals surface area contributed by atoms with E-state index in [-0.39, 0.29) is 18.3 Å². The van der Waals surface area contributed by atoms with Crippen LogP contribution in [-0.4, -0.2) is 24.9 Å². The highest BCUT2D eigenvalue weighted by atomic mass is 16.7. The standard InChI is InChI=1S/C17H27BO3/c1-8-9-19-14-10-12(2)15(13(3)11-14)18-20-16(4,5)17(6,7)21-18/h10-11H,8-9H2,1-7H3. The predicted octanol–water partition coefficient (Wildman–Crippen LogP) is 3.39. The van der Waals surface area contributed by atoms with Crippen molar-refractivity contribution in [2.24, 2.45) is 0 Å². The molecular weight excluding hydrogens is 263 g/mol. The molecule has 0 radical (unpaired) electrons. The van der Waals surface area contributed by atoms with Crippen LogP contribution in [0, 0.1) is 13.8 Å². The Morgan fingerprint density at radius 1 is 1.00 bits per heavy atom. The van der Waals surface area contributed by atoms with E-state index in [9.17, 15) is 0 Å². The minimum absolute atomic E-state index is 0.310. The minimum Gasteiger partial charge on any atom is -0.494 e. The molecule has 1 heterocycles. The zero-order valence-corrected chi connectivity index (χ0v) is 14.4. The molecule has 0 saturated carbocycles. The van der Waals surface area contributed by atoms with E-state index in [4.69, 9.17) is 14.0 Å². The largest absolute Gasteiger partial charge is 0.495 e. The lowest BCUT2D eigenvalue weighted by Crippen LogP contribution is -2.41. The van der Waals surface area contributed by atoms with Gasteiger partial charge in [0.05, 0.1) is 17.8 Å². The molecule has 4 heteroatoms. The van der Waals surface area contributed by atoms with E-state index in [0.29, 0.717) is 0 Å². The Balaban J connectivity index is 2.30. The Morgan fingerprint density at radius 2 is 1.48 bits per heavy atom. The molecular formula is C17H27BO3. The molecule has 0 spiro atoms. The monoisotopic (exact) mass is 290 g/mol. The third kappa shape index (κ3) is 3.11. The van der Waals surface area contributed by atoms with Gasteiger partial charge in [-0.15, -0.1) is 0 Å². The van der Waals surface area contributed by atoms with Crippen LogP contribution in [0.4, 0.5) is 0 Å². The molecule has 0 aromatic heterocycles. The second kappa shape index (κ2) is 5.66. The van der Waals surface area contributed by atoms with E-state index in [1.807, 2.05) is 0 Å². The molecule has 1 aromatic rings. The van der Waals surface area contributed by atoms with E-state index < -0.39 is 0 Å². The van der Waals surface area contributed by atoms with Crippen LogP contribution in [0.2, 0.25) is 0 Å². The molecule has 0 amide bonds. The molecule has 0 unspecified atom stereocenters. The molecule has 3 nitrogen and oxygen atoms in total. The maximum Gasteiger partial charge on any atom is 0.495 e. The Kier molecular flexibility index (Phi) is 4.41. The number of aryl methyl sites for hydroxylation is 2. The van der Waals surface area contributed by atoms with E-state index in [1.165, 1.54) is 0 Å². The number of ether oxygens (including phenoxy) is 1. The summed E-state index contributed by atoms with van der Waals surface area (Å²) >= 11 is 0. The molecule has 1 saturated heterocycles. The molecule has 2 rings (SSSR count). The quantitative estimate of drug-likeness (QED) is 0.796. The zero-order valence-electron chi connectivity index (χ0n) is 14.4. The fraction of sp³-hybridized carbons (Fsp3) is 0.647. The average molecular weight is 290 g/mol. The van der Waals surface area contributed by atoms with Gasteiger partial charge in [-0.3, -0.25) is 0 Å². The molecule has 0 aliphatic carbocycles. The van der Waals surface area contributed by atoms with Gasteiger partial charge in [0.25, 0.3) is 0 Å². The summed E-state index contributed by atoms with van der Waals surface area (Å²) in [6, 6.07) is 4.14. The first-order valence-corrected chi connectivity index (χ1v) is 7.77. The minimum atomic E-state index is -0.312. The van der Waals surface area contributed by atoms with Gasteiger partial charge in [-0.25, -0.2) is 0 Å². The van der Waals surface area contributed by atoms with Crippen LogP contribution in [0.25, 0.3) is 0 Å². The van der Waals surface area contributed by atoms with Gasteiger partial charge in [0.1, 0.15) is 5.75 Å². The van der Waals surface area contributed by atoms with Gasteiger partial charge < -0.3 is 14.0 Å². The van der Waals surface area contributed by atoms with Crippen molar-refractivity contribution in [3.63, 3.8) is 0 Å². The molecule has 21 heavy (non-hydrogen) atoms. The van der Waals surface area contributed by atoms with Gasteiger partial charge in [-0.05, 0) is 76.7 Å². The van der Waals surface area contributed by atoms with Crippen LogP contribution < -0.4 is 10.2 Å². The van der Waals surface area contributed by atoms with Crippen molar-refractivity contribution in [1.82, 2.24) is 0 Å². The normalized spacial score (nSPS) is 19.9. The van der Waals surface area contributed by atoms with E-state index in [2.05, 4.69) is 60.6 Å². The van der Waals surface area contributed by atoms with Gasteiger partial charge in [0.2, 0.25) is 0 Å². The topological polar surface area (TPSA) is 27.7 Å². The van der Waals surface area contributed by atoms with Gasteiger partial charge in [0, 0.05) is 0 Å². The molecule has 1 aromatic carbocycles. The van der Waals surface area contributed by atoms with Gasteiger partial charge >= 0.3 is 7.12 Å². The average Bonchev–Trinajstić information content (AvgIpc) is 2.54. The van der Waals surface area contributed by atoms with Crippen LogP contribution in [0.1, 0.15) is 52.2 Å². The summed E-state index contributed by atoms with van der Waals surface area (Å²) in [6.45, 7) is 15.4. The van der Waals surface area contributed by atoms with Crippen LogP contribution in [0.3, 0.4) is 0 Å². The van der Waals surface area contributed by atoms with Crippen molar-refractivity contribution in [1.29, 1.82) is 0 Å². The van der Waals surface area contributed by atoms with E-state index in [0.717, 1.165) is 35.4 Å². The van der Waals surface area contributed by atoms with Crippen molar-refractivity contribution in [2.45, 2.75) is 66.1 Å². The third-order valence-corrected chi connectivity index (χ3v) is 4.53. The maximum atomic E-state index is 6.17. The highest BCUT2D eigenvalue weighted by Gasteiger charge is 2.52. The van der Waals surface area contributed by atoms with Crippen molar-refractivity contribution >= 4 is 12.6 Å². The SMILES string of the molecule is CCCOc1cc(C)c(B2OC(C)(C)C(C)(C)O2)c(C)c1. The third-order valence-electron chi connectivity index (χ3n) is 4.53. The molecule has 0 atom stereocenters. The number of rotatable bonds is 4. The molecule has 0 N–H and O–H groups in total. The number of hydrogen-bond acceptors (Lipinski definition) is 3. The molecule has 1 aliphatic rings. The Labute approximate surface area is 129 Å².